The zero-order valence-electron chi connectivity index (χ0n) is 11.6. The van der Waals surface area contributed by atoms with Gasteiger partial charge in [0.15, 0.2) is 0 Å². The first-order chi connectivity index (χ1) is 9.77. The summed E-state index contributed by atoms with van der Waals surface area (Å²) >= 11 is 0. The van der Waals surface area contributed by atoms with Crippen molar-refractivity contribution in [3.63, 3.8) is 0 Å². The summed E-state index contributed by atoms with van der Waals surface area (Å²) in [6.07, 6.45) is 1.28. The van der Waals surface area contributed by atoms with E-state index in [0.29, 0.717) is 13.2 Å². The lowest BCUT2D eigenvalue weighted by Crippen LogP contribution is -2.43. The van der Waals surface area contributed by atoms with E-state index in [1.807, 2.05) is 24.3 Å². The Balaban J connectivity index is 2.05. The van der Waals surface area contributed by atoms with Crippen LogP contribution in [0.3, 0.4) is 0 Å². The molecular weight excluding hydrogens is 250 g/mol. The SMILES string of the molecule is NCC1(C(O)c2cccc3ccccc23)CCCOC1. The molecule has 3 heteroatoms. The second-order valence-electron chi connectivity index (χ2n) is 5.69. The molecular formula is C17H21NO2. The summed E-state index contributed by atoms with van der Waals surface area (Å²) in [4.78, 5) is 0. The Hall–Kier alpha value is -1.42. The average Bonchev–Trinajstić information content (AvgIpc) is 2.54. The molecule has 106 valence electrons. The molecule has 1 heterocycles. The van der Waals surface area contributed by atoms with E-state index in [4.69, 9.17) is 10.5 Å². The molecule has 0 bridgehead atoms. The molecule has 20 heavy (non-hydrogen) atoms. The number of aliphatic hydroxyl groups is 1. The first-order valence-corrected chi connectivity index (χ1v) is 7.20. The third-order valence-electron chi connectivity index (χ3n) is 4.46. The van der Waals surface area contributed by atoms with Gasteiger partial charge in [-0.1, -0.05) is 42.5 Å². The third kappa shape index (κ3) is 2.22. The van der Waals surface area contributed by atoms with E-state index >= 15 is 0 Å². The lowest BCUT2D eigenvalue weighted by Gasteiger charge is -2.40. The topological polar surface area (TPSA) is 55.5 Å². The van der Waals surface area contributed by atoms with Crippen LogP contribution in [0.1, 0.15) is 24.5 Å². The van der Waals surface area contributed by atoms with Crippen LogP contribution in [0.25, 0.3) is 10.8 Å². The number of ether oxygens (including phenoxy) is 1. The van der Waals surface area contributed by atoms with Crippen LogP contribution in [0.4, 0.5) is 0 Å². The molecule has 0 spiro atoms. The second kappa shape index (κ2) is 5.52. The van der Waals surface area contributed by atoms with E-state index in [2.05, 4.69) is 18.2 Å². The van der Waals surface area contributed by atoms with Gasteiger partial charge in [0, 0.05) is 18.6 Å². The van der Waals surface area contributed by atoms with Crippen LogP contribution in [-0.4, -0.2) is 24.9 Å². The molecule has 0 saturated carbocycles. The molecule has 3 rings (SSSR count). The van der Waals surface area contributed by atoms with Gasteiger partial charge < -0.3 is 15.6 Å². The van der Waals surface area contributed by atoms with Gasteiger partial charge in [0.1, 0.15) is 0 Å². The highest BCUT2D eigenvalue weighted by Gasteiger charge is 2.40. The minimum atomic E-state index is -0.584. The largest absolute Gasteiger partial charge is 0.388 e. The fourth-order valence-corrected chi connectivity index (χ4v) is 3.18. The standard InChI is InChI=1S/C17H21NO2/c18-11-17(9-4-10-20-12-17)16(19)15-8-3-6-13-5-1-2-7-14(13)15/h1-3,5-8,16,19H,4,9-12,18H2. The Morgan fingerprint density at radius 3 is 2.75 bits per heavy atom. The molecule has 2 atom stereocenters. The van der Waals surface area contributed by atoms with Crippen molar-refractivity contribution in [2.45, 2.75) is 18.9 Å². The van der Waals surface area contributed by atoms with Crippen molar-refractivity contribution in [1.29, 1.82) is 0 Å². The smallest absolute Gasteiger partial charge is 0.0886 e. The Morgan fingerprint density at radius 1 is 1.20 bits per heavy atom. The van der Waals surface area contributed by atoms with Crippen molar-refractivity contribution < 1.29 is 9.84 Å². The maximum absolute atomic E-state index is 10.9. The molecule has 2 aromatic carbocycles. The predicted molar refractivity (Wildman–Crippen MR) is 80.4 cm³/mol. The minimum absolute atomic E-state index is 0.359. The molecule has 3 nitrogen and oxygen atoms in total. The van der Waals surface area contributed by atoms with E-state index in [9.17, 15) is 5.11 Å². The Labute approximate surface area is 119 Å². The monoisotopic (exact) mass is 271 g/mol. The molecule has 2 unspecified atom stereocenters. The highest BCUT2D eigenvalue weighted by atomic mass is 16.5. The van der Waals surface area contributed by atoms with Crippen LogP contribution in [0.5, 0.6) is 0 Å². The van der Waals surface area contributed by atoms with E-state index < -0.39 is 6.10 Å². The molecule has 1 aliphatic rings. The molecule has 1 saturated heterocycles. The van der Waals surface area contributed by atoms with Crippen molar-refractivity contribution in [3.8, 4) is 0 Å². The van der Waals surface area contributed by atoms with E-state index in [1.165, 1.54) is 0 Å². The lowest BCUT2D eigenvalue weighted by molar-refractivity contribution is -0.0776. The quantitative estimate of drug-likeness (QED) is 0.902. The fraction of sp³-hybridized carbons (Fsp3) is 0.412. The number of aliphatic hydroxyl groups excluding tert-OH is 1. The molecule has 0 radical (unpaired) electrons. The van der Waals surface area contributed by atoms with Crippen molar-refractivity contribution in [2.24, 2.45) is 11.1 Å². The molecule has 0 aliphatic carbocycles. The number of hydrogen-bond acceptors (Lipinski definition) is 3. The van der Waals surface area contributed by atoms with Crippen molar-refractivity contribution in [1.82, 2.24) is 0 Å². The van der Waals surface area contributed by atoms with E-state index in [-0.39, 0.29) is 5.41 Å². The Morgan fingerprint density at radius 2 is 2.00 bits per heavy atom. The van der Waals surface area contributed by atoms with Crippen LogP contribution in [-0.2, 0) is 4.74 Å². The summed E-state index contributed by atoms with van der Waals surface area (Å²) in [5.41, 5.74) is 6.58. The molecule has 0 amide bonds. The number of fused-ring (bicyclic) bond motifs is 1. The van der Waals surface area contributed by atoms with Gasteiger partial charge in [0.2, 0.25) is 0 Å². The van der Waals surface area contributed by atoms with Gasteiger partial charge in [-0.05, 0) is 29.2 Å². The average molecular weight is 271 g/mol. The van der Waals surface area contributed by atoms with Gasteiger partial charge in [-0.2, -0.15) is 0 Å². The van der Waals surface area contributed by atoms with Crippen LogP contribution in [0.2, 0.25) is 0 Å². The van der Waals surface area contributed by atoms with Crippen LogP contribution < -0.4 is 5.73 Å². The zero-order valence-corrected chi connectivity index (χ0v) is 11.6. The Kier molecular flexibility index (Phi) is 3.74. The van der Waals surface area contributed by atoms with Crippen LogP contribution in [0, 0.1) is 5.41 Å². The minimum Gasteiger partial charge on any atom is -0.388 e. The fourth-order valence-electron chi connectivity index (χ4n) is 3.18. The number of hydrogen-bond donors (Lipinski definition) is 2. The van der Waals surface area contributed by atoms with Gasteiger partial charge in [-0.3, -0.25) is 0 Å². The summed E-state index contributed by atoms with van der Waals surface area (Å²) in [7, 11) is 0. The predicted octanol–water partition coefficient (Wildman–Crippen LogP) is 2.63. The van der Waals surface area contributed by atoms with Crippen molar-refractivity contribution >= 4 is 10.8 Å². The first kappa shape index (κ1) is 13.6. The Bertz CT molecular complexity index is 585. The molecule has 3 N–H and O–H groups in total. The highest BCUT2D eigenvalue weighted by Crippen LogP contribution is 2.42. The lowest BCUT2D eigenvalue weighted by atomic mass is 9.74. The molecule has 2 aromatic rings. The molecule has 0 aromatic heterocycles. The van der Waals surface area contributed by atoms with Gasteiger partial charge in [0.05, 0.1) is 12.7 Å². The summed E-state index contributed by atoms with van der Waals surface area (Å²) < 4.78 is 5.59. The summed E-state index contributed by atoms with van der Waals surface area (Å²) in [5, 5.41) is 13.2. The van der Waals surface area contributed by atoms with Crippen LogP contribution in [0.15, 0.2) is 42.5 Å². The third-order valence-corrected chi connectivity index (χ3v) is 4.46. The first-order valence-electron chi connectivity index (χ1n) is 7.20. The summed E-state index contributed by atoms with van der Waals surface area (Å²) in [6.45, 7) is 1.75. The van der Waals surface area contributed by atoms with Gasteiger partial charge >= 0.3 is 0 Å². The van der Waals surface area contributed by atoms with Crippen molar-refractivity contribution in [2.75, 3.05) is 19.8 Å². The number of nitrogens with two attached hydrogens (primary N) is 1. The number of benzene rings is 2. The maximum Gasteiger partial charge on any atom is 0.0886 e. The highest BCUT2D eigenvalue weighted by molar-refractivity contribution is 5.86. The maximum atomic E-state index is 10.9. The zero-order chi connectivity index (χ0) is 14.0. The number of rotatable bonds is 3. The van der Waals surface area contributed by atoms with Gasteiger partial charge in [-0.25, -0.2) is 0 Å². The van der Waals surface area contributed by atoms with E-state index in [0.717, 1.165) is 35.8 Å². The normalized spacial score (nSPS) is 24.7. The van der Waals surface area contributed by atoms with Gasteiger partial charge in [-0.15, -0.1) is 0 Å². The second-order valence-corrected chi connectivity index (χ2v) is 5.69. The van der Waals surface area contributed by atoms with Gasteiger partial charge in [0.25, 0.3) is 0 Å². The van der Waals surface area contributed by atoms with Crippen molar-refractivity contribution in [3.05, 3.63) is 48.0 Å². The molecule has 1 aliphatic heterocycles. The van der Waals surface area contributed by atoms with Crippen LogP contribution >= 0.6 is 0 Å². The van der Waals surface area contributed by atoms with E-state index in [1.54, 1.807) is 0 Å². The molecule has 1 fully saturated rings. The summed E-state index contributed by atoms with van der Waals surface area (Å²) in [6, 6.07) is 14.2. The summed E-state index contributed by atoms with van der Waals surface area (Å²) in [5.74, 6) is 0.